The van der Waals surface area contributed by atoms with Gasteiger partial charge in [0.15, 0.2) is 0 Å². The molecular formula is C13H18N6O2. The number of nitrogens with zero attached hydrogens (tertiary/aromatic N) is 5. The molecule has 0 saturated heterocycles. The van der Waals surface area contributed by atoms with Gasteiger partial charge >= 0.3 is 5.69 Å². The summed E-state index contributed by atoms with van der Waals surface area (Å²) in [6.45, 7) is 5.36. The van der Waals surface area contributed by atoms with Crippen LogP contribution in [0.25, 0.3) is 0 Å². The molecule has 0 saturated carbocycles. The average Bonchev–Trinajstić information content (AvgIpc) is 2.92. The molecule has 0 unspecified atom stereocenters. The number of nitrogens with one attached hydrogen (secondary N) is 1. The van der Waals surface area contributed by atoms with E-state index in [-0.39, 0.29) is 11.5 Å². The summed E-state index contributed by atoms with van der Waals surface area (Å²) < 4.78 is 1.94. The van der Waals surface area contributed by atoms with E-state index in [9.17, 15) is 10.1 Å². The summed E-state index contributed by atoms with van der Waals surface area (Å²) in [5.41, 5.74) is 0.297. The van der Waals surface area contributed by atoms with Crippen LogP contribution in [0.3, 0.4) is 0 Å². The molecule has 112 valence electrons. The number of aryl methyl sites for hydroxylation is 1. The molecule has 8 heteroatoms. The van der Waals surface area contributed by atoms with Gasteiger partial charge in [-0.15, -0.1) is 0 Å². The van der Waals surface area contributed by atoms with E-state index in [0.29, 0.717) is 18.7 Å². The fourth-order valence-corrected chi connectivity index (χ4v) is 2.05. The van der Waals surface area contributed by atoms with Crippen molar-refractivity contribution < 1.29 is 4.92 Å². The molecule has 0 radical (unpaired) electrons. The van der Waals surface area contributed by atoms with E-state index in [1.807, 2.05) is 24.6 Å². The minimum Gasteiger partial charge on any atom is -0.364 e. The molecule has 0 aliphatic rings. The highest BCUT2D eigenvalue weighted by atomic mass is 16.6. The number of nitro groups is 1. The standard InChI is InChI=1S/C13H18N6O2/c1-3-5-15-13-12(19(20)21)10(16-9-17-13)8-11-14-6-7-18(11)4-2/h6-7,9H,3-5,8H2,1-2H3,(H,15,16,17). The highest BCUT2D eigenvalue weighted by Crippen LogP contribution is 2.26. The highest BCUT2D eigenvalue weighted by molar-refractivity contribution is 5.58. The van der Waals surface area contributed by atoms with Crippen molar-refractivity contribution in [3.05, 3.63) is 40.4 Å². The first-order valence-electron chi connectivity index (χ1n) is 6.89. The predicted molar refractivity (Wildman–Crippen MR) is 78.2 cm³/mol. The molecule has 21 heavy (non-hydrogen) atoms. The summed E-state index contributed by atoms with van der Waals surface area (Å²) in [4.78, 5) is 23.2. The Kier molecular flexibility index (Phi) is 4.81. The van der Waals surface area contributed by atoms with Gasteiger partial charge in [0, 0.05) is 25.5 Å². The summed E-state index contributed by atoms with van der Waals surface area (Å²) >= 11 is 0. The van der Waals surface area contributed by atoms with Crippen LogP contribution >= 0.6 is 0 Å². The summed E-state index contributed by atoms with van der Waals surface area (Å²) in [5, 5.41) is 14.3. The zero-order valence-electron chi connectivity index (χ0n) is 12.1. The predicted octanol–water partition coefficient (Wildman–Crippen LogP) is 2.01. The Hall–Kier alpha value is -2.51. The van der Waals surface area contributed by atoms with Crippen molar-refractivity contribution in [3.63, 3.8) is 0 Å². The lowest BCUT2D eigenvalue weighted by Gasteiger charge is -2.08. The molecule has 2 rings (SSSR count). The Morgan fingerprint density at radius 3 is 2.81 bits per heavy atom. The van der Waals surface area contributed by atoms with Crippen molar-refractivity contribution in [3.8, 4) is 0 Å². The van der Waals surface area contributed by atoms with Crippen LogP contribution in [0.15, 0.2) is 18.7 Å². The lowest BCUT2D eigenvalue weighted by molar-refractivity contribution is -0.385. The SMILES string of the molecule is CCCNc1ncnc(Cc2nccn2CC)c1[N+](=O)[O-]. The average molecular weight is 290 g/mol. The second-order valence-corrected chi connectivity index (χ2v) is 4.51. The number of aromatic nitrogens is 4. The molecule has 0 bridgehead atoms. The van der Waals surface area contributed by atoms with Crippen LogP contribution in [-0.2, 0) is 13.0 Å². The van der Waals surface area contributed by atoms with Gasteiger partial charge in [0.2, 0.25) is 5.82 Å². The first kappa shape index (κ1) is 14.9. The zero-order chi connectivity index (χ0) is 15.2. The molecule has 8 nitrogen and oxygen atoms in total. The van der Waals surface area contributed by atoms with E-state index in [1.165, 1.54) is 6.33 Å². The van der Waals surface area contributed by atoms with Crippen molar-refractivity contribution >= 4 is 11.5 Å². The molecule has 0 atom stereocenters. The second-order valence-electron chi connectivity index (χ2n) is 4.51. The number of anilines is 1. The molecule has 2 heterocycles. The zero-order valence-corrected chi connectivity index (χ0v) is 12.1. The van der Waals surface area contributed by atoms with Gasteiger partial charge in [0.1, 0.15) is 17.8 Å². The molecule has 2 aromatic rings. The van der Waals surface area contributed by atoms with Crippen LogP contribution in [0.2, 0.25) is 0 Å². The topological polar surface area (TPSA) is 98.8 Å². The van der Waals surface area contributed by atoms with Gasteiger partial charge in [-0.05, 0) is 13.3 Å². The Morgan fingerprint density at radius 2 is 2.14 bits per heavy atom. The van der Waals surface area contributed by atoms with Crippen LogP contribution in [0.1, 0.15) is 31.8 Å². The molecule has 0 fully saturated rings. The van der Waals surface area contributed by atoms with Gasteiger partial charge in [-0.2, -0.15) is 0 Å². The van der Waals surface area contributed by atoms with Crippen LogP contribution in [0, 0.1) is 10.1 Å². The normalized spacial score (nSPS) is 10.6. The van der Waals surface area contributed by atoms with Gasteiger partial charge in [0.05, 0.1) is 11.3 Å². The van der Waals surface area contributed by atoms with Crippen molar-refractivity contribution in [2.45, 2.75) is 33.2 Å². The van der Waals surface area contributed by atoms with E-state index in [0.717, 1.165) is 18.8 Å². The van der Waals surface area contributed by atoms with E-state index >= 15 is 0 Å². The molecule has 0 aliphatic heterocycles. The quantitative estimate of drug-likeness (QED) is 0.618. The first-order valence-corrected chi connectivity index (χ1v) is 6.89. The summed E-state index contributed by atoms with van der Waals surface area (Å²) in [5.74, 6) is 1.02. The maximum atomic E-state index is 11.3. The van der Waals surface area contributed by atoms with Crippen LogP contribution in [-0.4, -0.2) is 31.0 Å². The van der Waals surface area contributed by atoms with Gasteiger partial charge in [-0.3, -0.25) is 10.1 Å². The highest BCUT2D eigenvalue weighted by Gasteiger charge is 2.23. The summed E-state index contributed by atoms with van der Waals surface area (Å²) in [7, 11) is 0. The number of hydrogen-bond donors (Lipinski definition) is 1. The van der Waals surface area contributed by atoms with E-state index in [4.69, 9.17) is 0 Å². The van der Waals surface area contributed by atoms with Crippen LogP contribution < -0.4 is 5.32 Å². The van der Waals surface area contributed by atoms with Gasteiger partial charge in [-0.25, -0.2) is 15.0 Å². The van der Waals surface area contributed by atoms with Gasteiger partial charge in [-0.1, -0.05) is 6.92 Å². The minimum absolute atomic E-state index is 0.0726. The van der Waals surface area contributed by atoms with Crippen molar-refractivity contribution in [1.29, 1.82) is 0 Å². The smallest absolute Gasteiger partial charge is 0.333 e. The third kappa shape index (κ3) is 3.33. The Labute approximate surface area is 122 Å². The molecule has 0 amide bonds. The third-order valence-corrected chi connectivity index (χ3v) is 3.09. The largest absolute Gasteiger partial charge is 0.364 e. The Balaban J connectivity index is 2.36. The van der Waals surface area contributed by atoms with Crippen molar-refractivity contribution in [1.82, 2.24) is 19.5 Å². The molecule has 0 aromatic carbocycles. The van der Waals surface area contributed by atoms with Gasteiger partial charge < -0.3 is 9.88 Å². The molecule has 1 N–H and O–H groups in total. The van der Waals surface area contributed by atoms with E-state index < -0.39 is 4.92 Å². The number of hydrogen-bond acceptors (Lipinski definition) is 6. The molecular weight excluding hydrogens is 272 g/mol. The monoisotopic (exact) mass is 290 g/mol. The Morgan fingerprint density at radius 1 is 1.33 bits per heavy atom. The second kappa shape index (κ2) is 6.78. The summed E-state index contributed by atoms with van der Waals surface area (Å²) in [6, 6.07) is 0. The van der Waals surface area contributed by atoms with Crippen LogP contribution in [0.4, 0.5) is 11.5 Å². The van der Waals surface area contributed by atoms with Gasteiger partial charge in [0.25, 0.3) is 0 Å². The Bertz CT molecular complexity index is 625. The molecule has 2 aromatic heterocycles. The lowest BCUT2D eigenvalue weighted by Crippen LogP contribution is -2.11. The van der Waals surface area contributed by atoms with Crippen LogP contribution in [0.5, 0.6) is 0 Å². The summed E-state index contributed by atoms with van der Waals surface area (Å²) in [6.07, 6.45) is 6.04. The van der Waals surface area contributed by atoms with Crippen molar-refractivity contribution in [2.24, 2.45) is 0 Å². The number of rotatable bonds is 7. The fraction of sp³-hybridized carbons (Fsp3) is 0.462. The molecule has 0 aliphatic carbocycles. The third-order valence-electron chi connectivity index (χ3n) is 3.09. The minimum atomic E-state index is -0.438. The molecule has 0 spiro atoms. The van der Waals surface area contributed by atoms with E-state index in [2.05, 4.69) is 20.3 Å². The maximum Gasteiger partial charge on any atom is 0.333 e. The van der Waals surface area contributed by atoms with E-state index in [1.54, 1.807) is 6.20 Å². The lowest BCUT2D eigenvalue weighted by atomic mass is 10.2. The first-order chi connectivity index (χ1) is 10.2. The fourth-order valence-electron chi connectivity index (χ4n) is 2.05. The maximum absolute atomic E-state index is 11.3. The van der Waals surface area contributed by atoms with Crippen molar-refractivity contribution in [2.75, 3.05) is 11.9 Å². The number of imidazole rings is 1.